The molecular formula is C16H23IN4O2. The highest BCUT2D eigenvalue weighted by molar-refractivity contribution is 14.0. The first-order valence-corrected chi connectivity index (χ1v) is 7.44. The van der Waals surface area contributed by atoms with Crippen molar-refractivity contribution in [2.24, 2.45) is 10.9 Å². The number of halogens is 1. The topological polar surface area (TPSA) is 73.8 Å². The van der Waals surface area contributed by atoms with Crippen LogP contribution in [-0.4, -0.2) is 49.4 Å². The second kappa shape index (κ2) is 8.85. The van der Waals surface area contributed by atoms with Crippen LogP contribution in [0.5, 0.6) is 0 Å². The molecule has 0 aliphatic carbocycles. The van der Waals surface area contributed by atoms with Crippen LogP contribution in [0.2, 0.25) is 0 Å². The number of guanidine groups is 1. The Hall–Kier alpha value is -1.64. The van der Waals surface area contributed by atoms with Crippen molar-refractivity contribution in [1.82, 2.24) is 15.5 Å². The van der Waals surface area contributed by atoms with E-state index in [-0.39, 0.29) is 35.8 Å². The van der Waals surface area contributed by atoms with Crippen LogP contribution < -0.4 is 10.6 Å². The Morgan fingerprint density at radius 3 is 2.17 bits per heavy atom. The molecule has 0 radical (unpaired) electrons. The van der Waals surface area contributed by atoms with E-state index < -0.39 is 0 Å². The maximum absolute atomic E-state index is 12.2. The standard InChI is InChI=1S/C16H22N4O2.HI/c1-11(2)10-19-16(17-3)18-8-9-20-14(21)12-6-4-5-7-13(12)15(20)22;/h4-7,11H,8-10H2,1-3H3,(H2,17,18,19);1H. The molecule has 1 aliphatic rings. The number of aliphatic imine (C=N–C) groups is 1. The Morgan fingerprint density at radius 1 is 1.13 bits per heavy atom. The van der Waals surface area contributed by atoms with Crippen LogP contribution in [0.15, 0.2) is 29.3 Å². The van der Waals surface area contributed by atoms with Crippen LogP contribution in [0.4, 0.5) is 0 Å². The summed E-state index contributed by atoms with van der Waals surface area (Å²) >= 11 is 0. The normalized spacial score (nSPS) is 13.9. The van der Waals surface area contributed by atoms with Gasteiger partial charge in [-0.15, -0.1) is 24.0 Å². The molecule has 0 atom stereocenters. The number of fused-ring (bicyclic) bond motifs is 1. The van der Waals surface area contributed by atoms with E-state index >= 15 is 0 Å². The van der Waals surface area contributed by atoms with Gasteiger partial charge >= 0.3 is 0 Å². The van der Waals surface area contributed by atoms with Crippen molar-refractivity contribution >= 4 is 41.8 Å². The molecular weight excluding hydrogens is 407 g/mol. The molecule has 1 aromatic carbocycles. The Labute approximate surface area is 153 Å². The molecule has 1 aliphatic heterocycles. The largest absolute Gasteiger partial charge is 0.356 e. The number of carbonyl (C=O) groups excluding carboxylic acids is 2. The van der Waals surface area contributed by atoms with Crippen molar-refractivity contribution in [3.8, 4) is 0 Å². The van der Waals surface area contributed by atoms with Crippen LogP contribution in [0, 0.1) is 5.92 Å². The van der Waals surface area contributed by atoms with E-state index in [4.69, 9.17) is 0 Å². The molecule has 2 rings (SSSR count). The average molecular weight is 430 g/mol. The first kappa shape index (κ1) is 19.4. The zero-order valence-electron chi connectivity index (χ0n) is 13.6. The summed E-state index contributed by atoms with van der Waals surface area (Å²) < 4.78 is 0. The zero-order chi connectivity index (χ0) is 16.1. The van der Waals surface area contributed by atoms with E-state index in [9.17, 15) is 9.59 Å². The molecule has 23 heavy (non-hydrogen) atoms. The molecule has 0 fully saturated rings. The van der Waals surface area contributed by atoms with E-state index in [1.54, 1.807) is 31.3 Å². The molecule has 0 bridgehead atoms. The fraction of sp³-hybridized carbons (Fsp3) is 0.438. The van der Waals surface area contributed by atoms with E-state index in [0.717, 1.165) is 6.54 Å². The summed E-state index contributed by atoms with van der Waals surface area (Å²) in [6, 6.07) is 6.91. The van der Waals surface area contributed by atoms with Crippen molar-refractivity contribution in [2.45, 2.75) is 13.8 Å². The number of hydrogen-bond donors (Lipinski definition) is 2. The highest BCUT2D eigenvalue weighted by Gasteiger charge is 2.34. The van der Waals surface area contributed by atoms with E-state index in [0.29, 0.717) is 36.1 Å². The van der Waals surface area contributed by atoms with Gasteiger partial charge in [-0.3, -0.25) is 19.5 Å². The fourth-order valence-electron chi connectivity index (χ4n) is 2.25. The number of imide groups is 1. The van der Waals surface area contributed by atoms with Gasteiger partial charge in [-0.1, -0.05) is 26.0 Å². The first-order chi connectivity index (χ1) is 10.5. The smallest absolute Gasteiger partial charge is 0.261 e. The number of hydrogen-bond acceptors (Lipinski definition) is 3. The molecule has 0 saturated heterocycles. The molecule has 7 heteroatoms. The lowest BCUT2D eigenvalue weighted by molar-refractivity contribution is 0.0657. The molecule has 0 spiro atoms. The summed E-state index contributed by atoms with van der Waals surface area (Å²) in [6.45, 7) is 5.81. The predicted octanol–water partition coefficient (Wildman–Crippen LogP) is 1.72. The first-order valence-electron chi connectivity index (χ1n) is 7.44. The summed E-state index contributed by atoms with van der Waals surface area (Å²) in [4.78, 5) is 29.8. The third-order valence-corrected chi connectivity index (χ3v) is 3.41. The zero-order valence-corrected chi connectivity index (χ0v) is 16.0. The Morgan fingerprint density at radius 2 is 1.70 bits per heavy atom. The van der Waals surface area contributed by atoms with Crippen LogP contribution >= 0.6 is 24.0 Å². The van der Waals surface area contributed by atoms with Crippen molar-refractivity contribution < 1.29 is 9.59 Å². The summed E-state index contributed by atoms with van der Waals surface area (Å²) in [5.74, 6) is 0.722. The van der Waals surface area contributed by atoms with Crippen LogP contribution in [0.3, 0.4) is 0 Å². The van der Waals surface area contributed by atoms with Crippen LogP contribution in [-0.2, 0) is 0 Å². The van der Waals surface area contributed by atoms with Crippen molar-refractivity contribution in [3.63, 3.8) is 0 Å². The second-order valence-electron chi connectivity index (χ2n) is 5.58. The summed E-state index contributed by atoms with van der Waals surface area (Å²) in [5.41, 5.74) is 0.963. The molecule has 0 aromatic heterocycles. The fourth-order valence-corrected chi connectivity index (χ4v) is 2.25. The highest BCUT2D eigenvalue weighted by Crippen LogP contribution is 2.21. The van der Waals surface area contributed by atoms with E-state index in [1.807, 2.05) is 0 Å². The molecule has 2 N–H and O–H groups in total. The Bertz CT molecular complexity index is 566. The third kappa shape index (κ3) is 4.66. The van der Waals surface area contributed by atoms with Crippen molar-refractivity contribution in [3.05, 3.63) is 35.4 Å². The van der Waals surface area contributed by atoms with Gasteiger partial charge in [0.15, 0.2) is 5.96 Å². The lowest BCUT2D eigenvalue weighted by Gasteiger charge is -2.17. The molecule has 0 unspecified atom stereocenters. The molecule has 1 heterocycles. The predicted molar refractivity (Wildman–Crippen MR) is 101 cm³/mol. The lowest BCUT2D eigenvalue weighted by atomic mass is 10.1. The summed E-state index contributed by atoms with van der Waals surface area (Å²) in [7, 11) is 1.69. The van der Waals surface area contributed by atoms with Crippen molar-refractivity contribution in [2.75, 3.05) is 26.7 Å². The maximum atomic E-state index is 12.2. The number of rotatable bonds is 5. The van der Waals surface area contributed by atoms with Crippen LogP contribution in [0.25, 0.3) is 0 Å². The van der Waals surface area contributed by atoms with Gasteiger partial charge < -0.3 is 10.6 Å². The summed E-state index contributed by atoms with van der Waals surface area (Å²) in [6.07, 6.45) is 0. The van der Waals surface area contributed by atoms with Gasteiger partial charge in [-0.05, 0) is 18.1 Å². The van der Waals surface area contributed by atoms with E-state index in [1.165, 1.54) is 4.90 Å². The van der Waals surface area contributed by atoms with Crippen LogP contribution in [0.1, 0.15) is 34.6 Å². The molecule has 2 amide bonds. The minimum absolute atomic E-state index is 0. The van der Waals surface area contributed by atoms with E-state index in [2.05, 4.69) is 29.5 Å². The van der Waals surface area contributed by atoms with Gasteiger partial charge in [-0.25, -0.2) is 0 Å². The number of benzene rings is 1. The van der Waals surface area contributed by atoms with Gasteiger partial charge in [0.25, 0.3) is 11.8 Å². The average Bonchev–Trinajstić information content (AvgIpc) is 2.75. The lowest BCUT2D eigenvalue weighted by Crippen LogP contribution is -2.43. The molecule has 6 nitrogen and oxygen atoms in total. The minimum Gasteiger partial charge on any atom is -0.356 e. The molecule has 1 aromatic rings. The van der Waals surface area contributed by atoms with Gasteiger partial charge in [-0.2, -0.15) is 0 Å². The van der Waals surface area contributed by atoms with Gasteiger partial charge in [0.05, 0.1) is 11.1 Å². The number of amides is 2. The third-order valence-electron chi connectivity index (χ3n) is 3.41. The highest BCUT2D eigenvalue weighted by atomic mass is 127. The molecule has 0 saturated carbocycles. The van der Waals surface area contributed by atoms with Gasteiger partial charge in [0.2, 0.25) is 0 Å². The minimum atomic E-state index is -0.229. The van der Waals surface area contributed by atoms with Gasteiger partial charge in [0.1, 0.15) is 0 Å². The number of nitrogens with one attached hydrogen (secondary N) is 2. The van der Waals surface area contributed by atoms with Crippen molar-refractivity contribution in [1.29, 1.82) is 0 Å². The number of carbonyl (C=O) groups is 2. The summed E-state index contributed by atoms with van der Waals surface area (Å²) in [5, 5.41) is 6.30. The second-order valence-corrected chi connectivity index (χ2v) is 5.58. The maximum Gasteiger partial charge on any atom is 0.261 e. The monoisotopic (exact) mass is 430 g/mol. The van der Waals surface area contributed by atoms with Gasteiger partial charge in [0, 0.05) is 26.7 Å². The Kier molecular flexibility index (Phi) is 7.47. The SMILES string of the molecule is CN=C(NCCN1C(=O)c2ccccc2C1=O)NCC(C)C.I. The molecule has 126 valence electrons. The Balaban J connectivity index is 0.00000264. The quantitative estimate of drug-likeness (QED) is 0.323. The number of nitrogens with zero attached hydrogens (tertiary/aromatic N) is 2.